The first-order valence-electron chi connectivity index (χ1n) is 6.44. The van der Waals surface area contributed by atoms with Gasteiger partial charge in [0, 0.05) is 18.6 Å². The van der Waals surface area contributed by atoms with E-state index in [1.165, 1.54) is 19.4 Å². The summed E-state index contributed by atoms with van der Waals surface area (Å²) in [5.74, 6) is 0. The molecule has 0 aromatic heterocycles. The van der Waals surface area contributed by atoms with Gasteiger partial charge in [-0.3, -0.25) is 4.90 Å². The predicted octanol–water partition coefficient (Wildman–Crippen LogP) is 1.24. The molecule has 3 unspecified atom stereocenters. The molecule has 2 heterocycles. The van der Waals surface area contributed by atoms with Gasteiger partial charge < -0.3 is 10.1 Å². The maximum Gasteiger partial charge on any atom is 0.0855 e. The third-order valence-electron chi connectivity index (χ3n) is 3.77. The van der Waals surface area contributed by atoms with E-state index in [-0.39, 0.29) is 0 Å². The van der Waals surface area contributed by atoms with Crippen LogP contribution >= 0.6 is 0 Å². The monoisotopic (exact) mass is 212 g/mol. The van der Waals surface area contributed by atoms with Crippen LogP contribution in [0.1, 0.15) is 33.1 Å². The topological polar surface area (TPSA) is 24.5 Å². The lowest BCUT2D eigenvalue weighted by molar-refractivity contribution is -0.0647. The summed E-state index contributed by atoms with van der Waals surface area (Å²) in [6, 6.07) is 1.26. The van der Waals surface area contributed by atoms with E-state index in [2.05, 4.69) is 24.1 Å². The summed E-state index contributed by atoms with van der Waals surface area (Å²) in [5, 5.41) is 3.53. The lowest BCUT2D eigenvalue weighted by Crippen LogP contribution is -2.53. The molecule has 0 aromatic rings. The van der Waals surface area contributed by atoms with Gasteiger partial charge in [0.05, 0.1) is 12.7 Å². The fraction of sp³-hybridized carbons (Fsp3) is 1.00. The molecule has 1 N–H and O–H groups in total. The first kappa shape index (κ1) is 11.4. The third-order valence-corrected chi connectivity index (χ3v) is 3.77. The normalized spacial score (nSPS) is 34.0. The summed E-state index contributed by atoms with van der Waals surface area (Å²) in [7, 11) is 0. The SMILES string of the molecule is CCNC(CC)C1CN2CCCC2CO1. The van der Waals surface area contributed by atoms with E-state index in [1.807, 2.05) is 0 Å². The molecule has 3 atom stereocenters. The molecule has 15 heavy (non-hydrogen) atoms. The minimum Gasteiger partial charge on any atom is -0.374 e. The van der Waals surface area contributed by atoms with E-state index in [9.17, 15) is 0 Å². The van der Waals surface area contributed by atoms with E-state index in [1.54, 1.807) is 0 Å². The van der Waals surface area contributed by atoms with Crippen LogP contribution in [0.3, 0.4) is 0 Å². The Hall–Kier alpha value is -0.120. The molecule has 0 aromatic carbocycles. The van der Waals surface area contributed by atoms with Crippen LogP contribution < -0.4 is 5.32 Å². The Balaban J connectivity index is 1.87. The average molecular weight is 212 g/mol. The first-order chi connectivity index (χ1) is 7.35. The Morgan fingerprint density at radius 2 is 2.33 bits per heavy atom. The Labute approximate surface area is 93.2 Å². The fourth-order valence-corrected chi connectivity index (χ4v) is 2.89. The number of nitrogens with one attached hydrogen (secondary N) is 1. The van der Waals surface area contributed by atoms with Crippen molar-refractivity contribution in [1.29, 1.82) is 0 Å². The average Bonchev–Trinajstić information content (AvgIpc) is 2.72. The van der Waals surface area contributed by atoms with Crippen molar-refractivity contribution in [3.63, 3.8) is 0 Å². The van der Waals surface area contributed by atoms with Crippen LogP contribution in [0.25, 0.3) is 0 Å². The molecule has 0 amide bonds. The summed E-state index contributed by atoms with van der Waals surface area (Å²) >= 11 is 0. The van der Waals surface area contributed by atoms with Crippen LogP contribution in [0.4, 0.5) is 0 Å². The van der Waals surface area contributed by atoms with Gasteiger partial charge in [-0.2, -0.15) is 0 Å². The highest BCUT2D eigenvalue weighted by atomic mass is 16.5. The highest BCUT2D eigenvalue weighted by Gasteiger charge is 2.34. The smallest absolute Gasteiger partial charge is 0.0855 e. The van der Waals surface area contributed by atoms with Crippen molar-refractivity contribution in [2.24, 2.45) is 0 Å². The number of hydrogen-bond acceptors (Lipinski definition) is 3. The van der Waals surface area contributed by atoms with Gasteiger partial charge in [-0.15, -0.1) is 0 Å². The van der Waals surface area contributed by atoms with Gasteiger partial charge in [-0.1, -0.05) is 13.8 Å². The van der Waals surface area contributed by atoms with Crippen molar-refractivity contribution >= 4 is 0 Å². The maximum atomic E-state index is 5.99. The minimum absolute atomic E-state index is 0.407. The van der Waals surface area contributed by atoms with E-state index < -0.39 is 0 Å². The summed E-state index contributed by atoms with van der Waals surface area (Å²) in [5.41, 5.74) is 0. The van der Waals surface area contributed by atoms with Gasteiger partial charge in [0.1, 0.15) is 0 Å². The Morgan fingerprint density at radius 3 is 3.07 bits per heavy atom. The lowest BCUT2D eigenvalue weighted by Gasteiger charge is -2.38. The maximum absolute atomic E-state index is 5.99. The number of fused-ring (bicyclic) bond motifs is 1. The predicted molar refractivity (Wildman–Crippen MR) is 62.1 cm³/mol. The van der Waals surface area contributed by atoms with Gasteiger partial charge in [0.2, 0.25) is 0 Å². The van der Waals surface area contributed by atoms with Gasteiger partial charge in [-0.25, -0.2) is 0 Å². The highest BCUT2D eigenvalue weighted by Crippen LogP contribution is 2.24. The zero-order valence-corrected chi connectivity index (χ0v) is 10.0. The van der Waals surface area contributed by atoms with Crippen LogP contribution in [-0.2, 0) is 4.74 Å². The van der Waals surface area contributed by atoms with Crippen molar-refractivity contribution in [3.05, 3.63) is 0 Å². The quantitative estimate of drug-likeness (QED) is 0.759. The number of rotatable bonds is 4. The summed E-state index contributed by atoms with van der Waals surface area (Å²) < 4.78 is 5.99. The van der Waals surface area contributed by atoms with Crippen molar-refractivity contribution in [2.45, 2.75) is 51.3 Å². The molecular weight excluding hydrogens is 188 g/mol. The number of nitrogens with zero attached hydrogens (tertiary/aromatic N) is 1. The van der Waals surface area contributed by atoms with E-state index in [0.29, 0.717) is 12.1 Å². The Bertz CT molecular complexity index is 198. The van der Waals surface area contributed by atoms with Crippen LogP contribution in [0.2, 0.25) is 0 Å². The molecule has 0 bridgehead atoms. The van der Waals surface area contributed by atoms with Gasteiger partial charge >= 0.3 is 0 Å². The van der Waals surface area contributed by atoms with Crippen molar-refractivity contribution in [3.8, 4) is 0 Å². The molecule has 3 heteroatoms. The zero-order chi connectivity index (χ0) is 10.7. The largest absolute Gasteiger partial charge is 0.374 e. The minimum atomic E-state index is 0.407. The van der Waals surface area contributed by atoms with E-state index >= 15 is 0 Å². The van der Waals surface area contributed by atoms with E-state index in [0.717, 1.165) is 32.2 Å². The molecule has 0 spiro atoms. The third kappa shape index (κ3) is 2.52. The molecular formula is C12H24N2O. The Kier molecular flexibility index (Phi) is 4.00. The highest BCUT2D eigenvalue weighted by molar-refractivity contribution is 4.89. The number of likely N-dealkylation sites (N-methyl/N-ethyl adjacent to an activating group) is 1. The molecule has 2 aliphatic heterocycles. The summed E-state index contributed by atoms with van der Waals surface area (Å²) in [6.07, 6.45) is 4.27. The van der Waals surface area contributed by atoms with Crippen molar-refractivity contribution in [1.82, 2.24) is 10.2 Å². The molecule has 0 radical (unpaired) electrons. The summed E-state index contributed by atoms with van der Waals surface area (Å²) in [6.45, 7) is 8.83. The van der Waals surface area contributed by atoms with Gasteiger partial charge in [0.15, 0.2) is 0 Å². The van der Waals surface area contributed by atoms with Gasteiger partial charge in [0.25, 0.3) is 0 Å². The number of morpholine rings is 1. The second-order valence-corrected chi connectivity index (χ2v) is 4.74. The van der Waals surface area contributed by atoms with Crippen LogP contribution in [0.5, 0.6) is 0 Å². The van der Waals surface area contributed by atoms with Crippen LogP contribution in [-0.4, -0.2) is 49.3 Å². The molecule has 88 valence electrons. The van der Waals surface area contributed by atoms with E-state index in [4.69, 9.17) is 4.74 Å². The number of hydrogen-bond donors (Lipinski definition) is 1. The molecule has 0 aliphatic carbocycles. The zero-order valence-electron chi connectivity index (χ0n) is 10.0. The molecule has 2 rings (SSSR count). The fourth-order valence-electron chi connectivity index (χ4n) is 2.89. The van der Waals surface area contributed by atoms with Gasteiger partial charge in [-0.05, 0) is 32.4 Å². The van der Waals surface area contributed by atoms with Crippen LogP contribution in [0.15, 0.2) is 0 Å². The molecule has 2 saturated heterocycles. The Morgan fingerprint density at radius 1 is 1.47 bits per heavy atom. The standard InChI is InChI=1S/C12H24N2O/c1-3-11(13-4-2)12-8-14-7-5-6-10(14)9-15-12/h10-13H,3-9H2,1-2H3. The molecule has 2 aliphatic rings. The number of ether oxygens (including phenoxy) is 1. The second kappa shape index (κ2) is 5.28. The summed E-state index contributed by atoms with van der Waals surface area (Å²) in [4.78, 5) is 2.62. The van der Waals surface area contributed by atoms with Crippen molar-refractivity contribution in [2.75, 3.05) is 26.2 Å². The molecule has 3 nitrogen and oxygen atoms in total. The van der Waals surface area contributed by atoms with Crippen LogP contribution in [0, 0.1) is 0 Å². The lowest BCUT2D eigenvalue weighted by atomic mass is 10.1. The second-order valence-electron chi connectivity index (χ2n) is 4.74. The molecule has 0 saturated carbocycles. The molecule has 2 fully saturated rings. The van der Waals surface area contributed by atoms with Crippen molar-refractivity contribution < 1.29 is 4.74 Å². The first-order valence-corrected chi connectivity index (χ1v) is 6.44.